The third-order valence-electron chi connectivity index (χ3n) is 4.58. The van der Waals surface area contributed by atoms with Crippen molar-refractivity contribution in [2.24, 2.45) is 0 Å². The van der Waals surface area contributed by atoms with Crippen LogP contribution in [0, 0.1) is 13.8 Å². The normalized spacial score (nSPS) is 15.9. The Morgan fingerprint density at radius 2 is 1.79 bits per heavy atom. The smallest absolute Gasteiger partial charge is 0.349 e. The van der Waals surface area contributed by atoms with Crippen molar-refractivity contribution in [2.75, 3.05) is 19.8 Å². The van der Waals surface area contributed by atoms with E-state index in [0.29, 0.717) is 17.1 Å². The van der Waals surface area contributed by atoms with E-state index in [1.54, 1.807) is 24.3 Å². The van der Waals surface area contributed by atoms with Gasteiger partial charge in [0.05, 0.1) is 11.7 Å². The lowest BCUT2D eigenvalue weighted by molar-refractivity contribution is -0.136. The highest BCUT2D eigenvalue weighted by Crippen LogP contribution is 2.18. The van der Waals surface area contributed by atoms with Gasteiger partial charge < -0.3 is 18.9 Å². The molecule has 0 bridgehead atoms. The third-order valence-corrected chi connectivity index (χ3v) is 4.58. The summed E-state index contributed by atoms with van der Waals surface area (Å²) >= 11 is 0. The largest absolute Gasteiger partial charge is 0.482 e. The summed E-state index contributed by atoms with van der Waals surface area (Å²) in [5.74, 6) is 0.00661. The number of hydrogen-bond acceptors (Lipinski definition) is 6. The molecule has 148 valence electrons. The fourth-order valence-corrected chi connectivity index (χ4v) is 2.79. The van der Waals surface area contributed by atoms with Gasteiger partial charge in [0, 0.05) is 6.61 Å². The molecule has 6 nitrogen and oxygen atoms in total. The van der Waals surface area contributed by atoms with Crippen molar-refractivity contribution in [3.05, 3.63) is 59.2 Å². The minimum atomic E-state index is -0.521. The van der Waals surface area contributed by atoms with Gasteiger partial charge in [-0.3, -0.25) is 0 Å². The monoisotopic (exact) mass is 384 g/mol. The van der Waals surface area contributed by atoms with Crippen LogP contribution in [0.15, 0.2) is 42.5 Å². The highest BCUT2D eigenvalue weighted by Gasteiger charge is 2.18. The van der Waals surface area contributed by atoms with Crippen molar-refractivity contribution >= 4 is 11.9 Å². The maximum absolute atomic E-state index is 12.0. The van der Waals surface area contributed by atoms with Crippen molar-refractivity contribution in [3.8, 4) is 11.5 Å². The summed E-state index contributed by atoms with van der Waals surface area (Å²) in [6.45, 7) is 4.76. The number of esters is 2. The Kier molecular flexibility index (Phi) is 6.66. The van der Waals surface area contributed by atoms with Gasteiger partial charge in [0.2, 0.25) is 0 Å². The second kappa shape index (κ2) is 9.37. The van der Waals surface area contributed by atoms with Crippen LogP contribution in [-0.4, -0.2) is 37.9 Å². The fraction of sp³-hybridized carbons (Fsp3) is 0.364. The second-order valence-corrected chi connectivity index (χ2v) is 6.77. The molecule has 1 aliphatic heterocycles. The van der Waals surface area contributed by atoms with Gasteiger partial charge in [0.15, 0.2) is 6.61 Å². The number of aryl methyl sites for hydroxylation is 2. The number of rotatable bonds is 7. The van der Waals surface area contributed by atoms with E-state index < -0.39 is 11.9 Å². The van der Waals surface area contributed by atoms with Crippen LogP contribution in [0.1, 0.15) is 34.3 Å². The maximum Gasteiger partial charge on any atom is 0.349 e. The number of carbonyl (C=O) groups is 2. The molecule has 2 aromatic carbocycles. The lowest BCUT2D eigenvalue weighted by Crippen LogP contribution is -2.18. The van der Waals surface area contributed by atoms with Gasteiger partial charge in [-0.1, -0.05) is 6.07 Å². The third kappa shape index (κ3) is 5.57. The molecule has 1 atom stereocenters. The first-order chi connectivity index (χ1) is 13.5. The van der Waals surface area contributed by atoms with Gasteiger partial charge >= 0.3 is 11.9 Å². The molecule has 1 unspecified atom stereocenters. The Bertz CT molecular complexity index is 821. The Morgan fingerprint density at radius 3 is 2.46 bits per heavy atom. The minimum Gasteiger partial charge on any atom is -0.482 e. The molecule has 1 aliphatic rings. The molecule has 0 radical (unpaired) electrons. The van der Waals surface area contributed by atoms with E-state index in [1.807, 2.05) is 32.0 Å². The molecule has 0 aliphatic carbocycles. The molecule has 1 fully saturated rings. The van der Waals surface area contributed by atoms with Crippen LogP contribution in [0.4, 0.5) is 0 Å². The van der Waals surface area contributed by atoms with Crippen molar-refractivity contribution in [1.29, 1.82) is 0 Å². The van der Waals surface area contributed by atoms with Crippen molar-refractivity contribution in [1.82, 2.24) is 0 Å². The Balaban J connectivity index is 1.45. The summed E-state index contributed by atoms with van der Waals surface area (Å²) in [6.07, 6.45) is 1.89. The van der Waals surface area contributed by atoms with E-state index >= 15 is 0 Å². The van der Waals surface area contributed by atoms with Crippen LogP contribution in [0.2, 0.25) is 0 Å². The molecule has 3 rings (SSSR count). The molecule has 0 aromatic heterocycles. The summed E-state index contributed by atoms with van der Waals surface area (Å²) in [5.41, 5.74) is 2.64. The van der Waals surface area contributed by atoms with E-state index in [1.165, 1.54) is 0 Å². The van der Waals surface area contributed by atoms with E-state index in [2.05, 4.69) is 0 Å². The first-order valence-electron chi connectivity index (χ1n) is 9.31. The first-order valence-corrected chi connectivity index (χ1v) is 9.31. The second-order valence-electron chi connectivity index (χ2n) is 6.77. The number of hydrogen-bond donors (Lipinski definition) is 0. The molecule has 28 heavy (non-hydrogen) atoms. The SMILES string of the molecule is Cc1ccc(OCC(=O)Oc2ccc(C(=O)OCC3CCCO3)cc2)cc1C. The molecule has 0 N–H and O–H groups in total. The predicted octanol–water partition coefficient (Wildman–Crippen LogP) is 3.62. The molecule has 0 saturated carbocycles. The summed E-state index contributed by atoms with van der Waals surface area (Å²) in [4.78, 5) is 24.0. The molecule has 0 amide bonds. The lowest BCUT2D eigenvalue weighted by atomic mass is 10.1. The summed E-state index contributed by atoms with van der Waals surface area (Å²) in [5, 5.41) is 0. The van der Waals surface area contributed by atoms with Crippen LogP contribution >= 0.6 is 0 Å². The highest BCUT2D eigenvalue weighted by atomic mass is 16.6. The zero-order valence-electron chi connectivity index (χ0n) is 16.1. The van der Waals surface area contributed by atoms with Crippen LogP contribution in [-0.2, 0) is 14.3 Å². The van der Waals surface area contributed by atoms with Gasteiger partial charge in [-0.25, -0.2) is 9.59 Å². The fourth-order valence-electron chi connectivity index (χ4n) is 2.79. The standard InChI is InChI=1S/C22H24O6/c1-15-5-8-19(12-16(15)2)26-14-21(23)28-18-9-6-17(7-10-18)22(24)27-13-20-4-3-11-25-20/h5-10,12,20H,3-4,11,13-14H2,1-2H3. The van der Waals surface area contributed by atoms with Gasteiger partial charge in [-0.15, -0.1) is 0 Å². The topological polar surface area (TPSA) is 71.1 Å². The molecule has 0 spiro atoms. The van der Waals surface area contributed by atoms with Crippen LogP contribution in [0.5, 0.6) is 11.5 Å². The van der Waals surface area contributed by atoms with E-state index in [4.69, 9.17) is 18.9 Å². The summed E-state index contributed by atoms with van der Waals surface area (Å²) < 4.78 is 21.4. The number of carbonyl (C=O) groups excluding carboxylic acids is 2. The Hall–Kier alpha value is -2.86. The van der Waals surface area contributed by atoms with Crippen LogP contribution < -0.4 is 9.47 Å². The molecular formula is C22H24O6. The van der Waals surface area contributed by atoms with Crippen molar-refractivity contribution in [2.45, 2.75) is 32.8 Å². The molecule has 1 heterocycles. The number of ether oxygens (including phenoxy) is 4. The van der Waals surface area contributed by atoms with E-state index in [-0.39, 0.29) is 19.3 Å². The molecule has 1 saturated heterocycles. The first kappa shape index (κ1) is 19.9. The minimum absolute atomic E-state index is 0.0125. The average molecular weight is 384 g/mol. The zero-order chi connectivity index (χ0) is 19.9. The quantitative estimate of drug-likeness (QED) is 0.536. The van der Waals surface area contributed by atoms with E-state index in [0.717, 1.165) is 30.6 Å². The summed E-state index contributed by atoms with van der Waals surface area (Å²) in [7, 11) is 0. The maximum atomic E-state index is 12.0. The zero-order valence-corrected chi connectivity index (χ0v) is 16.1. The Labute approximate surface area is 164 Å². The van der Waals surface area contributed by atoms with Gasteiger partial charge in [-0.05, 0) is 74.2 Å². The molecular weight excluding hydrogens is 360 g/mol. The number of benzene rings is 2. The summed E-state index contributed by atoms with van der Waals surface area (Å²) in [6, 6.07) is 11.8. The predicted molar refractivity (Wildman–Crippen MR) is 103 cm³/mol. The van der Waals surface area contributed by atoms with Crippen LogP contribution in [0.3, 0.4) is 0 Å². The van der Waals surface area contributed by atoms with Crippen LogP contribution in [0.25, 0.3) is 0 Å². The van der Waals surface area contributed by atoms with Gasteiger partial charge in [0.25, 0.3) is 0 Å². The van der Waals surface area contributed by atoms with Gasteiger partial charge in [-0.2, -0.15) is 0 Å². The average Bonchev–Trinajstić information content (AvgIpc) is 3.21. The van der Waals surface area contributed by atoms with E-state index in [9.17, 15) is 9.59 Å². The highest BCUT2D eigenvalue weighted by molar-refractivity contribution is 5.89. The van der Waals surface area contributed by atoms with Gasteiger partial charge in [0.1, 0.15) is 18.1 Å². The van der Waals surface area contributed by atoms with Crippen molar-refractivity contribution < 1.29 is 28.5 Å². The molecule has 2 aromatic rings. The molecule has 6 heteroatoms. The Morgan fingerprint density at radius 1 is 1.04 bits per heavy atom. The lowest BCUT2D eigenvalue weighted by Gasteiger charge is -2.11. The van der Waals surface area contributed by atoms with Crippen molar-refractivity contribution in [3.63, 3.8) is 0 Å².